The molecule has 7 nitrogen and oxygen atoms in total. The average molecular weight is 462 g/mol. The van der Waals surface area contributed by atoms with Gasteiger partial charge in [-0.3, -0.25) is 4.79 Å². The fraction of sp³-hybridized carbons (Fsp3) is 0.370. The van der Waals surface area contributed by atoms with Crippen molar-refractivity contribution in [1.82, 2.24) is 9.47 Å². The molecule has 0 spiro atoms. The van der Waals surface area contributed by atoms with E-state index in [0.717, 1.165) is 71.6 Å². The number of fused-ring (bicyclic) bond motifs is 1. The molecule has 3 heterocycles. The van der Waals surface area contributed by atoms with E-state index in [1.54, 1.807) is 7.11 Å². The summed E-state index contributed by atoms with van der Waals surface area (Å²) < 4.78 is 18.8. The summed E-state index contributed by atoms with van der Waals surface area (Å²) in [5, 5.41) is 0. The second kappa shape index (κ2) is 9.33. The number of carbonyl (C=O) groups is 1. The number of amides is 1. The molecule has 0 saturated carbocycles. The number of hydrogen-bond donors (Lipinski definition) is 0. The van der Waals surface area contributed by atoms with Crippen molar-refractivity contribution in [2.24, 2.45) is 0 Å². The van der Waals surface area contributed by atoms with E-state index in [9.17, 15) is 4.79 Å². The zero-order chi connectivity index (χ0) is 23.7. The molecular formula is C27H31N3O4. The summed E-state index contributed by atoms with van der Waals surface area (Å²) in [5.74, 6) is 2.45. The molecule has 0 bridgehead atoms. The summed E-state index contributed by atoms with van der Waals surface area (Å²) in [6.07, 6.45) is 0.929. The summed E-state index contributed by atoms with van der Waals surface area (Å²) in [7, 11) is 1.68. The minimum Gasteiger partial charge on any atom is -0.497 e. The summed E-state index contributed by atoms with van der Waals surface area (Å²) in [5.41, 5.74) is 4.85. The van der Waals surface area contributed by atoms with Gasteiger partial charge in [0.15, 0.2) is 11.5 Å². The van der Waals surface area contributed by atoms with Crippen LogP contribution >= 0.6 is 0 Å². The number of ether oxygens (including phenoxy) is 3. The van der Waals surface area contributed by atoms with Crippen LogP contribution in [0.4, 0.5) is 5.69 Å². The molecule has 0 aliphatic carbocycles. The third-order valence-electron chi connectivity index (χ3n) is 6.67. The lowest BCUT2D eigenvalue weighted by Crippen LogP contribution is -2.35. The normalized spacial score (nSPS) is 15.7. The molecule has 34 heavy (non-hydrogen) atoms. The molecule has 0 atom stereocenters. The van der Waals surface area contributed by atoms with Crippen molar-refractivity contribution in [3.8, 4) is 22.9 Å². The lowest BCUT2D eigenvalue weighted by atomic mass is 10.2. The Bertz CT molecular complexity index is 1190. The monoisotopic (exact) mass is 461 g/mol. The van der Waals surface area contributed by atoms with Gasteiger partial charge >= 0.3 is 0 Å². The molecule has 1 saturated heterocycles. The lowest BCUT2D eigenvalue weighted by molar-refractivity contribution is 0.0766. The van der Waals surface area contributed by atoms with Crippen molar-refractivity contribution < 1.29 is 19.0 Å². The van der Waals surface area contributed by atoms with Gasteiger partial charge in [-0.2, -0.15) is 0 Å². The fourth-order valence-electron chi connectivity index (χ4n) is 4.89. The second-order valence-corrected chi connectivity index (χ2v) is 8.78. The first-order valence-electron chi connectivity index (χ1n) is 11.8. The first-order chi connectivity index (χ1) is 16.5. The standard InChI is InChI=1S/C27H31N3O4/c1-19-17-24(20(2)30(19)22-7-10-25-26(18-22)34-16-15-33-25)27(31)29-12-4-11-28(13-14-29)21-5-8-23(32-3)9-6-21/h5-10,17-18H,4,11-16H2,1-3H3. The first-order valence-corrected chi connectivity index (χ1v) is 11.8. The molecule has 7 heteroatoms. The van der Waals surface area contributed by atoms with E-state index in [1.165, 1.54) is 0 Å². The van der Waals surface area contributed by atoms with Crippen LogP contribution in [0.5, 0.6) is 17.2 Å². The molecule has 1 fully saturated rings. The number of benzene rings is 2. The van der Waals surface area contributed by atoms with Gasteiger partial charge in [-0.1, -0.05) is 0 Å². The van der Waals surface area contributed by atoms with E-state index in [4.69, 9.17) is 14.2 Å². The number of hydrogen-bond acceptors (Lipinski definition) is 5. The van der Waals surface area contributed by atoms with Crippen LogP contribution in [0.3, 0.4) is 0 Å². The number of aryl methyl sites for hydroxylation is 1. The molecule has 2 aromatic carbocycles. The van der Waals surface area contributed by atoms with E-state index in [0.29, 0.717) is 19.8 Å². The Morgan fingerprint density at radius 2 is 1.59 bits per heavy atom. The summed E-state index contributed by atoms with van der Waals surface area (Å²) in [4.78, 5) is 17.9. The van der Waals surface area contributed by atoms with Crippen LogP contribution in [0.1, 0.15) is 28.2 Å². The third kappa shape index (κ3) is 4.18. The molecule has 1 amide bonds. The van der Waals surface area contributed by atoms with E-state index >= 15 is 0 Å². The van der Waals surface area contributed by atoms with Gasteiger partial charge in [0.05, 0.1) is 12.7 Å². The number of nitrogens with zero attached hydrogens (tertiary/aromatic N) is 3. The minimum atomic E-state index is 0.0912. The smallest absolute Gasteiger partial charge is 0.255 e. The van der Waals surface area contributed by atoms with Gasteiger partial charge in [-0.25, -0.2) is 0 Å². The Kier molecular flexibility index (Phi) is 6.09. The molecule has 178 valence electrons. The van der Waals surface area contributed by atoms with E-state index in [1.807, 2.05) is 55.1 Å². The van der Waals surface area contributed by atoms with Gasteiger partial charge in [0.2, 0.25) is 0 Å². The summed E-state index contributed by atoms with van der Waals surface area (Å²) in [6.45, 7) is 8.33. The second-order valence-electron chi connectivity index (χ2n) is 8.78. The molecule has 3 aromatic rings. The summed E-state index contributed by atoms with van der Waals surface area (Å²) in [6, 6.07) is 16.1. The van der Waals surface area contributed by atoms with Crippen LogP contribution in [0.25, 0.3) is 5.69 Å². The van der Waals surface area contributed by atoms with Crippen LogP contribution in [0.2, 0.25) is 0 Å². The highest BCUT2D eigenvalue weighted by Gasteiger charge is 2.25. The van der Waals surface area contributed by atoms with Crippen LogP contribution < -0.4 is 19.1 Å². The Hall–Kier alpha value is -3.61. The summed E-state index contributed by atoms with van der Waals surface area (Å²) >= 11 is 0. The number of rotatable bonds is 4. The third-order valence-corrected chi connectivity index (χ3v) is 6.67. The maximum absolute atomic E-state index is 13.6. The highest BCUT2D eigenvalue weighted by molar-refractivity contribution is 5.96. The van der Waals surface area contributed by atoms with Gasteiger partial charge in [0.25, 0.3) is 5.91 Å². The van der Waals surface area contributed by atoms with Crippen molar-refractivity contribution >= 4 is 11.6 Å². The van der Waals surface area contributed by atoms with Gasteiger partial charge in [0, 0.05) is 55.0 Å². The maximum Gasteiger partial charge on any atom is 0.255 e. The molecule has 0 radical (unpaired) electrons. The molecule has 0 N–H and O–H groups in total. The largest absolute Gasteiger partial charge is 0.497 e. The van der Waals surface area contributed by atoms with Crippen LogP contribution in [-0.4, -0.2) is 61.9 Å². The average Bonchev–Trinajstić information content (AvgIpc) is 3.02. The lowest BCUT2D eigenvalue weighted by Gasteiger charge is -2.24. The predicted octanol–water partition coefficient (Wildman–Crippen LogP) is 4.23. The van der Waals surface area contributed by atoms with Crippen LogP contribution in [0.15, 0.2) is 48.5 Å². The number of anilines is 1. The van der Waals surface area contributed by atoms with Gasteiger partial charge < -0.3 is 28.6 Å². The molecule has 1 aromatic heterocycles. The quantitative estimate of drug-likeness (QED) is 0.582. The topological polar surface area (TPSA) is 56.2 Å². The van der Waals surface area contributed by atoms with Crippen molar-refractivity contribution in [3.05, 3.63) is 65.5 Å². The van der Waals surface area contributed by atoms with Crippen LogP contribution in [0, 0.1) is 13.8 Å². The van der Waals surface area contributed by atoms with E-state index in [2.05, 4.69) is 21.6 Å². The molecule has 2 aliphatic rings. The van der Waals surface area contributed by atoms with Crippen molar-refractivity contribution in [1.29, 1.82) is 0 Å². The molecule has 0 unspecified atom stereocenters. The number of methoxy groups -OCH3 is 1. The SMILES string of the molecule is COc1ccc(N2CCCN(C(=O)c3cc(C)n(-c4ccc5c(c4)OCCO5)c3C)CC2)cc1. The molecule has 2 aliphatic heterocycles. The first kappa shape index (κ1) is 22.2. The fourth-order valence-corrected chi connectivity index (χ4v) is 4.89. The minimum absolute atomic E-state index is 0.0912. The van der Waals surface area contributed by atoms with Gasteiger partial charge in [-0.05, 0) is 62.7 Å². The number of carbonyl (C=O) groups excluding carboxylic acids is 1. The zero-order valence-corrected chi connectivity index (χ0v) is 20.0. The molecular weight excluding hydrogens is 430 g/mol. The highest BCUT2D eigenvalue weighted by atomic mass is 16.6. The Morgan fingerprint density at radius 1 is 0.853 bits per heavy atom. The Balaban J connectivity index is 1.34. The van der Waals surface area contributed by atoms with Crippen molar-refractivity contribution in [2.45, 2.75) is 20.3 Å². The van der Waals surface area contributed by atoms with Crippen molar-refractivity contribution in [3.63, 3.8) is 0 Å². The Morgan fingerprint density at radius 3 is 2.35 bits per heavy atom. The van der Waals surface area contributed by atoms with Crippen molar-refractivity contribution in [2.75, 3.05) is 51.4 Å². The maximum atomic E-state index is 13.6. The Labute approximate surface area is 200 Å². The number of aromatic nitrogens is 1. The van der Waals surface area contributed by atoms with Gasteiger partial charge in [0.1, 0.15) is 19.0 Å². The zero-order valence-electron chi connectivity index (χ0n) is 20.0. The molecule has 5 rings (SSSR count). The predicted molar refractivity (Wildman–Crippen MR) is 132 cm³/mol. The van der Waals surface area contributed by atoms with Gasteiger partial charge in [-0.15, -0.1) is 0 Å². The van der Waals surface area contributed by atoms with Crippen LogP contribution in [-0.2, 0) is 0 Å². The highest BCUT2D eigenvalue weighted by Crippen LogP contribution is 2.33. The van der Waals surface area contributed by atoms with E-state index < -0.39 is 0 Å². The van der Waals surface area contributed by atoms with E-state index in [-0.39, 0.29) is 5.91 Å².